The van der Waals surface area contributed by atoms with E-state index in [4.69, 9.17) is 9.15 Å². The minimum Gasteiger partial charge on any atom is -0.480 e. The molecule has 3 rings (SSSR count). The fraction of sp³-hybridized carbons (Fsp3) is 0.400. The molecular formula is C15H17N3O4. The maximum atomic E-state index is 11.4. The topological polar surface area (TPSA) is 88.7 Å². The van der Waals surface area contributed by atoms with Crippen molar-refractivity contribution in [3.8, 4) is 5.88 Å². The molecule has 22 heavy (non-hydrogen) atoms. The van der Waals surface area contributed by atoms with E-state index < -0.39 is 12.0 Å². The number of carboxylic acid groups (broad SMARTS) is 1. The molecule has 7 nitrogen and oxygen atoms in total. The fourth-order valence-corrected chi connectivity index (χ4v) is 2.57. The molecule has 2 aromatic rings. The van der Waals surface area contributed by atoms with E-state index in [1.165, 1.54) is 6.33 Å². The first-order valence-corrected chi connectivity index (χ1v) is 7.21. The molecule has 1 atom stereocenters. The van der Waals surface area contributed by atoms with Gasteiger partial charge in [-0.25, -0.2) is 14.8 Å². The summed E-state index contributed by atoms with van der Waals surface area (Å²) in [6.45, 7) is 0.942. The first-order chi connectivity index (χ1) is 10.7. The molecule has 0 saturated carbocycles. The quantitative estimate of drug-likeness (QED) is 0.904. The number of furan rings is 1. The summed E-state index contributed by atoms with van der Waals surface area (Å²) >= 11 is 0. The van der Waals surface area contributed by atoms with Gasteiger partial charge in [-0.3, -0.25) is 0 Å². The first kappa shape index (κ1) is 14.4. The minimum absolute atomic E-state index is 0.270. The Bertz CT molecular complexity index is 629. The van der Waals surface area contributed by atoms with Crippen molar-refractivity contribution in [1.29, 1.82) is 0 Å². The number of aromatic nitrogens is 2. The lowest BCUT2D eigenvalue weighted by Crippen LogP contribution is -2.45. The van der Waals surface area contributed by atoms with Crippen molar-refractivity contribution in [2.75, 3.05) is 11.4 Å². The molecule has 1 fully saturated rings. The number of piperidine rings is 1. The van der Waals surface area contributed by atoms with Crippen molar-refractivity contribution in [2.45, 2.75) is 31.9 Å². The maximum absolute atomic E-state index is 11.4. The van der Waals surface area contributed by atoms with Gasteiger partial charge in [-0.15, -0.1) is 0 Å². The van der Waals surface area contributed by atoms with E-state index in [0.29, 0.717) is 30.4 Å². The highest BCUT2D eigenvalue weighted by Gasteiger charge is 2.29. The molecule has 7 heteroatoms. The molecule has 2 aromatic heterocycles. The third-order valence-electron chi connectivity index (χ3n) is 3.65. The van der Waals surface area contributed by atoms with Crippen LogP contribution in [0.2, 0.25) is 0 Å². The lowest BCUT2D eigenvalue weighted by molar-refractivity contribution is -0.139. The molecule has 0 bridgehead atoms. The summed E-state index contributed by atoms with van der Waals surface area (Å²) in [6.07, 6.45) is 5.47. The summed E-state index contributed by atoms with van der Waals surface area (Å²) in [5, 5.41) is 9.34. The Morgan fingerprint density at radius 2 is 2.36 bits per heavy atom. The average molecular weight is 303 g/mol. The van der Waals surface area contributed by atoms with Crippen LogP contribution >= 0.6 is 0 Å². The summed E-state index contributed by atoms with van der Waals surface area (Å²) in [7, 11) is 0. The van der Waals surface area contributed by atoms with Crippen LogP contribution in [0.4, 0.5) is 5.82 Å². The highest BCUT2D eigenvalue weighted by Crippen LogP contribution is 2.25. The summed E-state index contributed by atoms with van der Waals surface area (Å²) in [5.41, 5.74) is 0. The molecule has 0 aromatic carbocycles. The first-order valence-electron chi connectivity index (χ1n) is 7.21. The summed E-state index contributed by atoms with van der Waals surface area (Å²) in [5.74, 6) is 0.852. The van der Waals surface area contributed by atoms with E-state index >= 15 is 0 Å². The normalized spacial score (nSPS) is 18.2. The molecule has 0 radical (unpaired) electrons. The second kappa shape index (κ2) is 6.46. The van der Waals surface area contributed by atoms with Gasteiger partial charge in [0.2, 0.25) is 5.88 Å². The standard InChI is InChI=1S/C15H17N3O4/c19-15(20)12-5-1-2-6-18(12)13-8-14(17-10-16-13)22-9-11-4-3-7-21-11/h3-4,7-8,10,12H,1-2,5-6,9H2,(H,19,20). The lowest BCUT2D eigenvalue weighted by Gasteiger charge is -2.33. The van der Waals surface area contributed by atoms with Crippen LogP contribution in [0.15, 0.2) is 35.2 Å². The molecule has 1 unspecified atom stereocenters. The summed E-state index contributed by atoms with van der Waals surface area (Å²) in [6, 6.07) is 4.73. The molecule has 1 aliphatic rings. The molecule has 0 spiro atoms. The van der Waals surface area contributed by atoms with Crippen LogP contribution in [0.5, 0.6) is 5.88 Å². The van der Waals surface area contributed by atoms with Crippen molar-refractivity contribution >= 4 is 11.8 Å². The Kier molecular flexibility index (Phi) is 4.22. The largest absolute Gasteiger partial charge is 0.480 e. The van der Waals surface area contributed by atoms with E-state index in [0.717, 1.165) is 12.8 Å². The monoisotopic (exact) mass is 303 g/mol. The van der Waals surface area contributed by atoms with Gasteiger partial charge >= 0.3 is 5.97 Å². The Morgan fingerprint density at radius 3 is 3.14 bits per heavy atom. The van der Waals surface area contributed by atoms with Gasteiger partial charge in [0.25, 0.3) is 0 Å². The molecular weight excluding hydrogens is 286 g/mol. The van der Waals surface area contributed by atoms with Gasteiger partial charge in [-0.2, -0.15) is 0 Å². The van der Waals surface area contributed by atoms with Gasteiger partial charge < -0.3 is 19.2 Å². The Labute approximate surface area is 127 Å². The van der Waals surface area contributed by atoms with Crippen LogP contribution in [0.1, 0.15) is 25.0 Å². The SMILES string of the molecule is O=C(O)C1CCCCN1c1cc(OCc2ccco2)ncn1. The van der Waals surface area contributed by atoms with Gasteiger partial charge in [0, 0.05) is 12.6 Å². The van der Waals surface area contributed by atoms with Crippen LogP contribution in [0, 0.1) is 0 Å². The number of ether oxygens (including phenoxy) is 1. The van der Waals surface area contributed by atoms with Crippen molar-refractivity contribution < 1.29 is 19.1 Å². The van der Waals surface area contributed by atoms with E-state index in [1.807, 2.05) is 6.07 Å². The van der Waals surface area contributed by atoms with E-state index in [1.54, 1.807) is 23.3 Å². The number of hydrogen-bond donors (Lipinski definition) is 1. The molecule has 0 aliphatic carbocycles. The number of rotatable bonds is 5. The fourth-order valence-electron chi connectivity index (χ4n) is 2.57. The van der Waals surface area contributed by atoms with Crippen molar-refractivity contribution in [2.24, 2.45) is 0 Å². The Hall–Kier alpha value is -2.57. The van der Waals surface area contributed by atoms with Crippen molar-refractivity contribution in [3.63, 3.8) is 0 Å². The molecule has 116 valence electrons. The smallest absolute Gasteiger partial charge is 0.326 e. The van der Waals surface area contributed by atoms with Gasteiger partial charge in [0.1, 0.15) is 30.6 Å². The highest BCUT2D eigenvalue weighted by atomic mass is 16.5. The van der Waals surface area contributed by atoms with Crippen molar-refractivity contribution in [1.82, 2.24) is 9.97 Å². The van der Waals surface area contributed by atoms with Crippen LogP contribution < -0.4 is 9.64 Å². The van der Waals surface area contributed by atoms with Crippen LogP contribution in [0.25, 0.3) is 0 Å². The van der Waals surface area contributed by atoms with Crippen molar-refractivity contribution in [3.05, 3.63) is 36.5 Å². The Balaban J connectivity index is 1.73. The van der Waals surface area contributed by atoms with Gasteiger partial charge in [0.15, 0.2) is 0 Å². The number of hydrogen-bond acceptors (Lipinski definition) is 6. The van der Waals surface area contributed by atoms with Crippen LogP contribution in [-0.2, 0) is 11.4 Å². The maximum Gasteiger partial charge on any atom is 0.326 e. The zero-order valence-corrected chi connectivity index (χ0v) is 12.0. The highest BCUT2D eigenvalue weighted by molar-refractivity contribution is 5.78. The summed E-state index contributed by atoms with van der Waals surface area (Å²) in [4.78, 5) is 21.4. The van der Waals surface area contributed by atoms with E-state index in [-0.39, 0.29) is 6.61 Å². The molecule has 1 saturated heterocycles. The number of carboxylic acids is 1. The van der Waals surface area contributed by atoms with Gasteiger partial charge in [-0.05, 0) is 31.4 Å². The second-order valence-corrected chi connectivity index (χ2v) is 5.13. The predicted molar refractivity (Wildman–Crippen MR) is 77.7 cm³/mol. The van der Waals surface area contributed by atoms with Crippen LogP contribution in [0.3, 0.4) is 0 Å². The number of aliphatic carboxylic acids is 1. The molecule has 0 amide bonds. The molecule has 1 aliphatic heterocycles. The summed E-state index contributed by atoms with van der Waals surface area (Å²) < 4.78 is 10.8. The average Bonchev–Trinajstić information content (AvgIpc) is 3.07. The number of nitrogens with zero attached hydrogens (tertiary/aromatic N) is 3. The number of carbonyl (C=O) groups is 1. The minimum atomic E-state index is -0.823. The van der Waals surface area contributed by atoms with Gasteiger partial charge in [0.05, 0.1) is 6.26 Å². The van der Waals surface area contributed by atoms with Gasteiger partial charge in [-0.1, -0.05) is 0 Å². The predicted octanol–water partition coefficient (Wildman–Crippen LogP) is 2.09. The third-order valence-corrected chi connectivity index (χ3v) is 3.65. The second-order valence-electron chi connectivity index (χ2n) is 5.13. The molecule has 1 N–H and O–H groups in total. The van der Waals surface area contributed by atoms with E-state index in [9.17, 15) is 9.90 Å². The number of anilines is 1. The third kappa shape index (κ3) is 3.19. The zero-order chi connectivity index (χ0) is 15.4. The van der Waals surface area contributed by atoms with E-state index in [2.05, 4.69) is 9.97 Å². The van der Waals surface area contributed by atoms with Crippen LogP contribution in [-0.4, -0.2) is 33.6 Å². The zero-order valence-electron chi connectivity index (χ0n) is 12.0. The lowest BCUT2D eigenvalue weighted by atomic mass is 10.0. The Morgan fingerprint density at radius 1 is 1.45 bits per heavy atom. The molecule has 3 heterocycles.